The molecule has 1 aliphatic heterocycles. The lowest BCUT2D eigenvalue weighted by Crippen LogP contribution is -2.34. The molecule has 5 nitrogen and oxygen atoms in total. The third-order valence-corrected chi connectivity index (χ3v) is 4.87. The summed E-state index contributed by atoms with van der Waals surface area (Å²) in [5, 5.41) is 4.36. The van der Waals surface area contributed by atoms with Crippen LogP contribution in [0.2, 0.25) is 0 Å². The van der Waals surface area contributed by atoms with E-state index < -0.39 is 0 Å². The molecule has 2 N–H and O–H groups in total. The second kappa shape index (κ2) is 6.44. The molecule has 4 rings (SSSR count). The minimum Gasteiger partial charge on any atom is -0.384 e. The Balaban J connectivity index is 1.56. The molecule has 0 amide bonds. The van der Waals surface area contributed by atoms with Gasteiger partial charge < -0.3 is 5.73 Å². The van der Waals surface area contributed by atoms with Crippen molar-refractivity contribution in [3.8, 4) is 0 Å². The Bertz CT molecular complexity index is 904. The molecule has 6 heteroatoms. The van der Waals surface area contributed by atoms with Crippen LogP contribution >= 0.6 is 0 Å². The lowest BCUT2D eigenvalue weighted by molar-refractivity contribution is 0.196. The topological polar surface area (TPSA) is 59.5 Å². The number of halogens is 1. The van der Waals surface area contributed by atoms with Crippen LogP contribution in [-0.4, -0.2) is 32.6 Å². The highest BCUT2D eigenvalue weighted by Crippen LogP contribution is 2.28. The Hall–Kier alpha value is -2.47. The van der Waals surface area contributed by atoms with Gasteiger partial charge in [0.15, 0.2) is 5.65 Å². The summed E-state index contributed by atoms with van der Waals surface area (Å²) in [7, 11) is 0. The van der Waals surface area contributed by atoms with E-state index in [1.165, 1.54) is 6.07 Å². The number of aromatic nitrogens is 3. The van der Waals surface area contributed by atoms with Gasteiger partial charge in [0.05, 0.1) is 11.4 Å². The monoisotopic (exact) mass is 339 g/mol. The minimum absolute atomic E-state index is 0.136. The first kappa shape index (κ1) is 16.0. The SMILES string of the molecule is Cc1cc2nc([C@H]3CCCN(Cc4ccccc4F)C3)cc(N)n2n1. The number of hydrogen-bond acceptors (Lipinski definition) is 4. The van der Waals surface area contributed by atoms with Crippen molar-refractivity contribution in [3.63, 3.8) is 0 Å². The summed E-state index contributed by atoms with van der Waals surface area (Å²) >= 11 is 0. The van der Waals surface area contributed by atoms with Crippen LogP contribution in [0.3, 0.4) is 0 Å². The Morgan fingerprint density at radius 3 is 2.96 bits per heavy atom. The fourth-order valence-electron chi connectivity index (χ4n) is 3.65. The number of nitrogens with two attached hydrogens (primary N) is 1. The zero-order valence-corrected chi connectivity index (χ0v) is 14.3. The summed E-state index contributed by atoms with van der Waals surface area (Å²) in [5.41, 5.74) is 9.60. The average molecular weight is 339 g/mol. The van der Waals surface area contributed by atoms with Crippen LogP contribution in [0.4, 0.5) is 10.2 Å². The van der Waals surface area contributed by atoms with E-state index >= 15 is 0 Å². The summed E-state index contributed by atoms with van der Waals surface area (Å²) in [5.74, 6) is 0.783. The number of hydrogen-bond donors (Lipinski definition) is 1. The smallest absolute Gasteiger partial charge is 0.157 e. The van der Waals surface area contributed by atoms with Crippen molar-refractivity contribution in [3.05, 3.63) is 59.2 Å². The van der Waals surface area contributed by atoms with Gasteiger partial charge in [-0.2, -0.15) is 9.61 Å². The molecule has 25 heavy (non-hydrogen) atoms. The predicted octanol–water partition coefficient (Wildman–Crippen LogP) is 3.14. The van der Waals surface area contributed by atoms with E-state index in [1.807, 2.05) is 31.2 Å². The lowest BCUT2D eigenvalue weighted by atomic mass is 9.94. The van der Waals surface area contributed by atoms with E-state index in [2.05, 4.69) is 10.00 Å². The van der Waals surface area contributed by atoms with Crippen LogP contribution in [0, 0.1) is 12.7 Å². The Kier molecular flexibility index (Phi) is 4.13. The predicted molar refractivity (Wildman–Crippen MR) is 95.8 cm³/mol. The molecule has 130 valence electrons. The van der Waals surface area contributed by atoms with Gasteiger partial charge in [0.2, 0.25) is 0 Å². The highest BCUT2D eigenvalue weighted by Gasteiger charge is 2.24. The molecule has 1 aromatic carbocycles. The molecular weight excluding hydrogens is 317 g/mol. The molecule has 1 aliphatic rings. The first-order valence-corrected chi connectivity index (χ1v) is 8.69. The molecule has 3 heterocycles. The Labute approximate surface area is 146 Å². The standard InChI is InChI=1S/C19H22FN5/c1-13-9-19-22-17(10-18(21)25(19)23-13)15-6-4-8-24(12-15)11-14-5-2-3-7-16(14)20/h2-3,5,7,9-10,15H,4,6,8,11-12,21H2,1H3/t15-/m0/s1. The zero-order valence-electron chi connectivity index (χ0n) is 14.3. The third kappa shape index (κ3) is 3.22. The number of fused-ring (bicyclic) bond motifs is 1. The van der Waals surface area contributed by atoms with Gasteiger partial charge in [-0.05, 0) is 32.4 Å². The van der Waals surface area contributed by atoms with Crippen LogP contribution < -0.4 is 5.73 Å². The first-order valence-electron chi connectivity index (χ1n) is 8.69. The quantitative estimate of drug-likeness (QED) is 0.796. The maximum absolute atomic E-state index is 13.9. The number of aryl methyl sites for hydroxylation is 1. The Morgan fingerprint density at radius 1 is 1.28 bits per heavy atom. The molecule has 3 aromatic rings. The fourth-order valence-corrected chi connectivity index (χ4v) is 3.65. The number of rotatable bonds is 3. The largest absolute Gasteiger partial charge is 0.384 e. The van der Waals surface area contributed by atoms with E-state index in [1.54, 1.807) is 10.6 Å². The van der Waals surface area contributed by atoms with Gasteiger partial charge in [0, 0.05) is 36.7 Å². The number of likely N-dealkylation sites (tertiary alicyclic amines) is 1. The van der Waals surface area contributed by atoms with E-state index in [4.69, 9.17) is 10.7 Å². The van der Waals surface area contributed by atoms with Gasteiger partial charge in [-0.1, -0.05) is 18.2 Å². The molecule has 0 saturated carbocycles. The van der Waals surface area contributed by atoms with Crippen molar-refractivity contribution in [2.45, 2.75) is 32.2 Å². The molecule has 0 unspecified atom stereocenters. The second-order valence-electron chi connectivity index (χ2n) is 6.83. The number of nitrogen functional groups attached to an aromatic ring is 1. The Morgan fingerprint density at radius 2 is 2.12 bits per heavy atom. The summed E-state index contributed by atoms with van der Waals surface area (Å²) in [6.45, 7) is 4.41. The van der Waals surface area contributed by atoms with E-state index in [-0.39, 0.29) is 5.82 Å². The normalized spacial score (nSPS) is 18.7. The highest BCUT2D eigenvalue weighted by atomic mass is 19.1. The molecular formula is C19H22FN5. The van der Waals surface area contributed by atoms with Crippen LogP contribution in [0.5, 0.6) is 0 Å². The second-order valence-corrected chi connectivity index (χ2v) is 6.83. The molecule has 1 saturated heterocycles. The van der Waals surface area contributed by atoms with E-state index in [0.29, 0.717) is 18.3 Å². The van der Waals surface area contributed by atoms with Crippen molar-refractivity contribution in [1.82, 2.24) is 19.5 Å². The van der Waals surface area contributed by atoms with Crippen molar-refractivity contribution < 1.29 is 4.39 Å². The zero-order chi connectivity index (χ0) is 17.4. The van der Waals surface area contributed by atoms with Crippen molar-refractivity contribution in [2.75, 3.05) is 18.8 Å². The van der Waals surface area contributed by atoms with Crippen molar-refractivity contribution in [1.29, 1.82) is 0 Å². The minimum atomic E-state index is -0.136. The molecule has 2 aromatic heterocycles. The van der Waals surface area contributed by atoms with Crippen molar-refractivity contribution in [2.24, 2.45) is 0 Å². The maximum Gasteiger partial charge on any atom is 0.157 e. The summed E-state index contributed by atoms with van der Waals surface area (Å²) in [4.78, 5) is 7.06. The lowest BCUT2D eigenvalue weighted by Gasteiger charge is -2.32. The number of benzene rings is 1. The molecule has 0 radical (unpaired) electrons. The van der Waals surface area contributed by atoms with Gasteiger partial charge in [0.25, 0.3) is 0 Å². The van der Waals surface area contributed by atoms with Crippen LogP contribution in [-0.2, 0) is 6.54 Å². The molecule has 0 aliphatic carbocycles. The molecule has 1 fully saturated rings. The fraction of sp³-hybridized carbons (Fsp3) is 0.368. The van der Waals surface area contributed by atoms with Crippen LogP contribution in [0.15, 0.2) is 36.4 Å². The van der Waals surface area contributed by atoms with E-state index in [9.17, 15) is 4.39 Å². The summed E-state index contributed by atoms with van der Waals surface area (Å²) in [6, 6.07) is 10.9. The summed E-state index contributed by atoms with van der Waals surface area (Å²) < 4.78 is 15.6. The van der Waals surface area contributed by atoms with Crippen LogP contribution in [0.1, 0.15) is 35.7 Å². The van der Waals surface area contributed by atoms with Crippen molar-refractivity contribution >= 4 is 11.5 Å². The third-order valence-electron chi connectivity index (χ3n) is 4.87. The average Bonchev–Trinajstić information content (AvgIpc) is 2.98. The molecule has 0 bridgehead atoms. The van der Waals surface area contributed by atoms with Gasteiger partial charge in [-0.25, -0.2) is 9.37 Å². The molecule has 0 spiro atoms. The van der Waals surface area contributed by atoms with Crippen LogP contribution in [0.25, 0.3) is 5.65 Å². The van der Waals surface area contributed by atoms with E-state index in [0.717, 1.165) is 48.5 Å². The number of nitrogens with zero attached hydrogens (tertiary/aromatic N) is 4. The van der Waals surface area contributed by atoms with Gasteiger partial charge in [0.1, 0.15) is 11.6 Å². The first-order chi connectivity index (χ1) is 12.1. The van der Waals surface area contributed by atoms with Gasteiger partial charge in [-0.3, -0.25) is 4.90 Å². The van der Waals surface area contributed by atoms with Gasteiger partial charge >= 0.3 is 0 Å². The summed E-state index contributed by atoms with van der Waals surface area (Å²) in [6.07, 6.45) is 2.15. The number of piperidine rings is 1. The van der Waals surface area contributed by atoms with Gasteiger partial charge in [-0.15, -0.1) is 0 Å². The highest BCUT2D eigenvalue weighted by molar-refractivity contribution is 5.48. The molecule has 1 atom stereocenters. The number of anilines is 1. The maximum atomic E-state index is 13.9.